The maximum atomic E-state index is 11.8. The number of aryl methyl sites for hydroxylation is 1. The van der Waals surface area contributed by atoms with Crippen molar-refractivity contribution >= 4 is 5.91 Å². The summed E-state index contributed by atoms with van der Waals surface area (Å²) in [5.41, 5.74) is 1.67. The molecule has 0 saturated heterocycles. The van der Waals surface area contributed by atoms with Gasteiger partial charge < -0.3 is 15.2 Å². The summed E-state index contributed by atoms with van der Waals surface area (Å²) < 4.78 is 0. The molecule has 0 atom stereocenters. The maximum Gasteiger partial charge on any atom is 0.267 e. The molecule has 0 aliphatic carbocycles. The first-order valence-electron chi connectivity index (χ1n) is 6.33. The molecule has 0 bridgehead atoms. The maximum absolute atomic E-state index is 11.8. The molecule has 1 aromatic rings. The first-order valence-corrected chi connectivity index (χ1v) is 6.33. The Morgan fingerprint density at radius 2 is 2.12 bits per heavy atom. The van der Waals surface area contributed by atoms with E-state index in [9.17, 15) is 4.79 Å². The Balaban J connectivity index is 2.23. The SMILES string of the molecule is CCN(CC)CCCNC(=O)c1[nH]ccc1C. The van der Waals surface area contributed by atoms with E-state index in [0.29, 0.717) is 5.69 Å². The summed E-state index contributed by atoms with van der Waals surface area (Å²) in [5.74, 6) is -0.00736. The fourth-order valence-electron chi connectivity index (χ4n) is 1.82. The Morgan fingerprint density at radius 3 is 2.65 bits per heavy atom. The first kappa shape index (κ1) is 13.8. The number of nitrogens with zero attached hydrogens (tertiary/aromatic N) is 1. The van der Waals surface area contributed by atoms with Gasteiger partial charge in [0.25, 0.3) is 5.91 Å². The Hall–Kier alpha value is -1.29. The number of aromatic amines is 1. The minimum Gasteiger partial charge on any atom is -0.357 e. The number of amides is 1. The van der Waals surface area contributed by atoms with E-state index in [0.717, 1.165) is 38.2 Å². The van der Waals surface area contributed by atoms with Gasteiger partial charge in [-0.1, -0.05) is 13.8 Å². The van der Waals surface area contributed by atoms with Gasteiger partial charge in [0.05, 0.1) is 0 Å². The van der Waals surface area contributed by atoms with Crippen LogP contribution in [0.3, 0.4) is 0 Å². The molecular weight excluding hydrogens is 214 g/mol. The molecule has 0 unspecified atom stereocenters. The smallest absolute Gasteiger partial charge is 0.267 e. The molecule has 4 nitrogen and oxygen atoms in total. The van der Waals surface area contributed by atoms with Crippen molar-refractivity contribution in [3.63, 3.8) is 0 Å². The van der Waals surface area contributed by atoms with Crippen molar-refractivity contribution in [3.8, 4) is 0 Å². The predicted molar refractivity (Wildman–Crippen MR) is 70.3 cm³/mol. The minimum absolute atomic E-state index is 0.00736. The highest BCUT2D eigenvalue weighted by Crippen LogP contribution is 2.03. The lowest BCUT2D eigenvalue weighted by Crippen LogP contribution is -2.30. The number of carbonyl (C=O) groups is 1. The Morgan fingerprint density at radius 1 is 1.41 bits per heavy atom. The van der Waals surface area contributed by atoms with Crippen molar-refractivity contribution in [3.05, 3.63) is 23.5 Å². The molecule has 4 heteroatoms. The van der Waals surface area contributed by atoms with E-state index in [1.54, 1.807) is 6.20 Å². The summed E-state index contributed by atoms with van der Waals surface area (Å²) >= 11 is 0. The molecule has 0 radical (unpaired) electrons. The second-order valence-corrected chi connectivity index (χ2v) is 4.17. The van der Waals surface area contributed by atoms with Crippen molar-refractivity contribution in [2.24, 2.45) is 0 Å². The van der Waals surface area contributed by atoms with Gasteiger partial charge in [0.1, 0.15) is 5.69 Å². The normalized spacial score (nSPS) is 10.8. The highest BCUT2D eigenvalue weighted by molar-refractivity contribution is 5.93. The molecule has 1 heterocycles. The quantitative estimate of drug-likeness (QED) is 0.710. The van der Waals surface area contributed by atoms with Gasteiger partial charge in [0.2, 0.25) is 0 Å². The second-order valence-electron chi connectivity index (χ2n) is 4.17. The zero-order valence-electron chi connectivity index (χ0n) is 11.0. The molecule has 1 rings (SSSR count). The topological polar surface area (TPSA) is 48.1 Å². The minimum atomic E-state index is -0.00736. The fraction of sp³-hybridized carbons (Fsp3) is 0.615. The van der Waals surface area contributed by atoms with Crippen LogP contribution in [0, 0.1) is 6.92 Å². The largest absolute Gasteiger partial charge is 0.357 e. The van der Waals surface area contributed by atoms with Gasteiger partial charge >= 0.3 is 0 Å². The van der Waals surface area contributed by atoms with Crippen LogP contribution in [-0.2, 0) is 0 Å². The Kier molecular flexibility index (Phi) is 5.77. The van der Waals surface area contributed by atoms with Crippen LogP contribution >= 0.6 is 0 Å². The van der Waals surface area contributed by atoms with E-state index < -0.39 is 0 Å². The molecule has 0 spiro atoms. The third-order valence-electron chi connectivity index (χ3n) is 3.01. The lowest BCUT2D eigenvalue weighted by molar-refractivity contribution is 0.0947. The van der Waals surface area contributed by atoms with Crippen molar-refractivity contribution in [2.45, 2.75) is 27.2 Å². The summed E-state index contributed by atoms with van der Waals surface area (Å²) in [6.07, 6.45) is 2.79. The highest BCUT2D eigenvalue weighted by atomic mass is 16.1. The van der Waals surface area contributed by atoms with Gasteiger partial charge in [0.15, 0.2) is 0 Å². The van der Waals surface area contributed by atoms with E-state index in [2.05, 4.69) is 29.0 Å². The molecule has 0 aliphatic rings. The van der Waals surface area contributed by atoms with Gasteiger partial charge in [-0.15, -0.1) is 0 Å². The number of hydrogen-bond acceptors (Lipinski definition) is 2. The summed E-state index contributed by atoms with van der Waals surface area (Å²) in [5, 5.41) is 2.93. The molecule has 0 saturated carbocycles. The molecule has 1 amide bonds. The average molecular weight is 237 g/mol. The van der Waals surface area contributed by atoms with Gasteiger partial charge in [-0.25, -0.2) is 0 Å². The predicted octanol–water partition coefficient (Wildman–Crippen LogP) is 1.78. The van der Waals surface area contributed by atoms with Crippen molar-refractivity contribution in [1.29, 1.82) is 0 Å². The van der Waals surface area contributed by atoms with E-state index in [1.807, 2.05) is 13.0 Å². The lowest BCUT2D eigenvalue weighted by Gasteiger charge is -2.17. The first-order chi connectivity index (χ1) is 8.19. The molecule has 0 fully saturated rings. The third kappa shape index (κ3) is 4.23. The highest BCUT2D eigenvalue weighted by Gasteiger charge is 2.08. The number of carbonyl (C=O) groups excluding carboxylic acids is 1. The van der Waals surface area contributed by atoms with Crippen molar-refractivity contribution in [2.75, 3.05) is 26.2 Å². The number of rotatable bonds is 7. The van der Waals surface area contributed by atoms with Crippen LogP contribution in [0.2, 0.25) is 0 Å². The van der Waals surface area contributed by atoms with Crippen LogP contribution in [0.5, 0.6) is 0 Å². The van der Waals surface area contributed by atoms with Crippen LogP contribution in [0.25, 0.3) is 0 Å². The van der Waals surface area contributed by atoms with Gasteiger partial charge in [-0.05, 0) is 44.6 Å². The molecular formula is C13H23N3O. The molecule has 96 valence electrons. The summed E-state index contributed by atoms with van der Waals surface area (Å²) in [4.78, 5) is 17.1. The van der Waals surface area contributed by atoms with Gasteiger partial charge in [-0.3, -0.25) is 4.79 Å². The summed E-state index contributed by atoms with van der Waals surface area (Å²) in [7, 11) is 0. The van der Waals surface area contributed by atoms with E-state index >= 15 is 0 Å². The van der Waals surface area contributed by atoms with Crippen molar-refractivity contribution < 1.29 is 4.79 Å². The number of hydrogen-bond donors (Lipinski definition) is 2. The monoisotopic (exact) mass is 237 g/mol. The second kappa shape index (κ2) is 7.12. The Bertz CT molecular complexity index is 342. The van der Waals surface area contributed by atoms with Gasteiger partial charge in [0, 0.05) is 12.7 Å². The van der Waals surface area contributed by atoms with Gasteiger partial charge in [-0.2, -0.15) is 0 Å². The zero-order valence-corrected chi connectivity index (χ0v) is 11.0. The summed E-state index contributed by atoms with van der Waals surface area (Å²) in [6, 6.07) is 1.91. The van der Waals surface area contributed by atoms with E-state index in [1.165, 1.54) is 0 Å². The number of nitrogens with one attached hydrogen (secondary N) is 2. The molecule has 1 aromatic heterocycles. The number of aromatic nitrogens is 1. The third-order valence-corrected chi connectivity index (χ3v) is 3.01. The average Bonchev–Trinajstić information content (AvgIpc) is 2.75. The van der Waals surface area contributed by atoms with E-state index in [-0.39, 0.29) is 5.91 Å². The van der Waals surface area contributed by atoms with Crippen LogP contribution in [0.1, 0.15) is 36.3 Å². The molecule has 2 N–H and O–H groups in total. The molecule has 0 aliphatic heterocycles. The van der Waals surface area contributed by atoms with Crippen LogP contribution in [-0.4, -0.2) is 42.0 Å². The molecule has 17 heavy (non-hydrogen) atoms. The van der Waals surface area contributed by atoms with Crippen LogP contribution in [0.15, 0.2) is 12.3 Å². The van der Waals surface area contributed by atoms with Crippen molar-refractivity contribution in [1.82, 2.24) is 15.2 Å². The van der Waals surface area contributed by atoms with Crippen LogP contribution in [0.4, 0.5) is 0 Å². The van der Waals surface area contributed by atoms with Crippen LogP contribution < -0.4 is 5.32 Å². The lowest BCUT2D eigenvalue weighted by atomic mass is 10.2. The zero-order chi connectivity index (χ0) is 12.7. The Labute approximate surface area is 103 Å². The van der Waals surface area contributed by atoms with E-state index in [4.69, 9.17) is 0 Å². The molecule has 0 aromatic carbocycles. The standard InChI is InChI=1S/C13H23N3O/c1-4-16(5-2)10-6-8-15-13(17)12-11(3)7-9-14-12/h7,9,14H,4-6,8,10H2,1-3H3,(H,15,17). The summed E-state index contributed by atoms with van der Waals surface area (Å²) in [6.45, 7) is 10.2. The fourth-order valence-corrected chi connectivity index (χ4v) is 1.82. The number of H-pyrrole nitrogens is 1.